The van der Waals surface area contributed by atoms with Crippen molar-refractivity contribution in [2.24, 2.45) is 11.8 Å². The number of fused-ring (bicyclic) bond motifs is 4. The van der Waals surface area contributed by atoms with E-state index in [0.717, 1.165) is 49.9 Å². The van der Waals surface area contributed by atoms with E-state index in [1.165, 1.54) is 30.6 Å². The molecule has 10 nitrogen and oxygen atoms in total. The molecule has 5 atom stereocenters. The number of hydrogen-bond donors (Lipinski definition) is 2. The van der Waals surface area contributed by atoms with Gasteiger partial charge in [-0.05, 0) is 69.0 Å². The minimum absolute atomic E-state index is 0.0733. The lowest BCUT2D eigenvalue weighted by atomic mass is 9.65. The maximum absolute atomic E-state index is 14.0. The first-order valence-corrected chi connectivity index (χ1v) is 15.0. The molecule has 218 valence electrons. The molecule has 0 radical (unpaired) electrons. The number of aromatic nitrogens is 1. The summed E-state index contributed by atoms with van der Waals surface area (Å²) in [7, 11) is 3.93. The summed E-state index contributed by atoms with van der Waals surface area (Å²) in [4.78, 5) is 33.4. The first-order valence-electron chi connectivity index (χ1n) is 15.0. The highest BCUT2D eigenvalue weighted by Crippen LogP contribution is 2.52. The molecule has 1 aromatic carbocycles. The molecule has 0 spiro atoms. The van der Waals surface area contributed by atoms with E-state index in [-0.39, 0.29) is 6.03 Å². The minimum atomic E-state index is -0.458. The van der Waals surface area contributed by atoms with E-state index in [1.807, 2.05) is 41.8 Å². The van der Waals surface area contributed by atoms with Gasteiger partial charge in [0.15, 0.2) is 0 Å². The number of hydrogen-bond acceptors (Lipinski definition) is 7. The van der Waals surface area contributed by atoms with Crippen LogP contribution in [0.25, 0.3) is 10.9 Å². The Hall–Kier alpha value is -2.66. The van der Waals surface area contributed by atoms with Crippen LogP contribution in [-0.2, 0) is 11.2 Å². The van der Waals surface area contributed by atoms with E-state index in [0.29, 0.717) is 56.0 Å². The van der Waals surface area contributed by atoms with Crippen LogP contribution in [0.3, 0.4) is 0 Å². The standard InChI is InChI=1S/C30H44N6O4/c1-4-21-15-20-16-25-27(21)35(18-20)9-7-23-24-17-22(40-30(38)31-8-10-33(2)3)5-6-26(24)36(28(23)25)29(37)32-19-34-11-13-39-14-12-34/h5-6,17,20-21,25,27H,4,7-16,18-19H2,1-3H3,(H,31,38)(H,32,37)/t20-,21+,25-,27+/m1/s1. The molecule has 1 aromatic heterocycles. The average molecular weight is 553 g/mol. The third-order valence-corrected chi connectivity index (χ3v) is 9.44. The molecule has 2 N–H and O–H groups in total. The second kappa shape index (κ2) is 11.7. The maximum Gasteiger partial charge on any atom is 0.412 e. The van der Waals surface area contributed by atoms with Gasteiger partial charge in [-0.25, -0.2) is 9.59 Å². The van der Waals surface area contributed by atoms with Crippen LogP contribution in [0, 0.1) is 11.8 Å². The van der Waals surface area contributed by atoms with Crippen molar-refractivity contribution in [2.75, 3.05) is 73.2 Å². The molecular formula is C30H44N6O4. The van der Waals surface area contributed by atoms with E-state index in [1.54, 1.807) is 0 Å². The monoisotopic (exact) mass is 552 g/mol. The molecule has 4 bridgehead atoms. The number of ether oxygens (including phenoxy) is 2. The van der Waals surface area contributed by atoms with Crippen molar-refractivity contribution >= 4 is 23.0 Å². The van der Waals surface area contributed by atoms with Gasteiger partial charge in [0.1, 0.15) is 5.75 Å². The van der Waals surface area contributed by atoms with E-state index in [4.69, 9.17) is 9.47 Å². The van der Waals surface area contributed by atoms with E-state index >= 15 is 0 Å². The predicted octanol–water partition coefficient (Wildman–Crippen LogP) is 2.90. The molecule has 1 saturated carbocycles. The number of morpholine rings is 1. The summed E-state index contributed by atoms with van der Waals surface area (Å²) in [5.74, 6) is 2.17. The Balaban J connectivity index is 1.34. The van der Waals surface area contributed by atoms with Crippen molar-refractivity contribution in [2.45, 2.75) is 44.6 Å². The Morgan fingerprint density at radius 1 is 1.12 bits per heavy atom. The summed E-state index contributed by atoms with van der Waals surface area (Å²) < 4.78 is 13.1. The van der Waals surface area contributed by atoms with Crippen molar-refractivity contribution in [1.29, 1.82) is 0 Å². The molecule has 5 aliphatic rings. The van der Waals surface area contributed by atoms with Crippen molar-refractivity contribution in [1.82, 2.24) is 29.9 Å². The first kappa shape index (κ1) is 27.5. The molecule has 4 fully saturated rings. The summed E-state index contributed by atoms with van der Waals surface area (Å²) in [6.07, 6.45) is 4.04. The quantitative estimate of drug-likeness (QED) is 0.546. The zero-order valence-corrected chi connectivity index (χ0v) is 24.2. The lowest BCUT2D eigenvalue weighted by molar-refractivity contribution is -0.0139. The van der Waals surface area contributed by atoms with Crippen LogP contribution in [0.4, 0.5) is 9.59 Å². The van der Waals surface area contributed by atoms with Gasteiger partial charge in [-0.15, -0.1) is 0 Å². The number of likely N-dealkylation sites (N-methyl/N-ethyl adjacent to an activating group) is 1. The maximum atomic E-state index is 14.0. The SMILES string of the molecule is CC[C@H]1C[C@@H]2C[C@H]3c4c(c5cc(OC(=O)NCCN(C)C)ccc5n4C(=O)NCN4CCOCC4)CCN(C2)[C@@H]13. The van der Waals surface area contributed by atoms with Crippen molar-refractivity contribution in [3.63, 3.8) is 0 Å². The molecule has 5 heterocycles. The van der Waals surface area contributed by atoms with Gasteiger partial charge in [-0.1, -0.05) is 13.3 Å². The Morgan fingerprint density at radius 2 is 1.95 bits per heavy atom. The van der Waals surface area contributed by atoms with Gasteiger partial charge >= 0.3 is 12.1 Å². The average Bonchev–Trinajstić information content (AvgIpc) is 3.22. The third kappa shape index (κ3) is 5.34. The third-order valence-electron chi connectivity index (χ3n) is 9.44. The highest BCUT2D eigenvalue weighted by Gasteiger charge is 2.49. The summed E-state index contributed by atoms with van der Waals surface area (Å²) >= 11 is 0. The van der Waals surface area contributed by atoms with Gasteiger partial charge in [0.25, 0.3) is 0 Å². The highest BCUT2D eigenvalue weighted by molar-refractivity contribution is 5.96. The van der Waals surface area contributed by atoms with Crippen LogP contribution in [0.15, 0.2) is 18.2 Å². The number of amides is 2. The number of benzene rings is 1. The first-order chi connectivity index (χ1) is 19.4. The molecule has 1 unspecified atom stereocenters. The van der Waals surface area contributed by atoms with E-state index in [9.17, 15) is 9.59 Å². The Bertz CT molecular complexity index is 1240. The topological polar surface area (TPSA) is 91.3 Å². The number of carbonyl (C=O) groups excluding carboxylic acids is 2. The fourth-order valence-corrected chi connectivity index (χ4v) is 7.65. The molecule has 4 aliphatic heterocycles. The summed E-state index contributed by atoms with van der Waals surface area (Å²) in [5.41, 5.74) is 3.31. The Kier molecular flexibility index (Phi) is 8.03. The molecule has 10 heteroatoms. The van der Waals surface area contributed by atoms with Crippen LogP contribution in [0.5, 0.6) is 5.75 Å². The van der Waals surface area contributed by atoms with Crippen LogP contribution in [0.1, 0.15) is 43.4 Å². The smallest absolute Gasteiger partial charge is 0.410 e. The van der Waals surface area contributed by atoms with Gasteiger partial charge in [0.2, 0.25) is 0 Å². The van der Waals surface area contributed by atoms with Crippen molar-refractivity contribution in [3.8, 4) is 5.75 Å². The Labute approximate surface area is 236 Å². The van der Waals surface area contributed by atoms with Crippen molar-refractivity contribution < 1.29 is 19.1 Å². The minimum Gasteiger partial charge on any atom is -0.410 e. The normalized spacial score (nSPS) is 27.9. The molecule has 3 saturated heterocycles. The second-order valence-corrected chi connectivity index (χ2v) is 12.2. The largest absolute Gasteiger partial charge is 0.412 e. The van der Waals surface area contributed by atoms with Crippen LogP contribution in [0.2, 0.25) is 0 Å². The molecule has 7 rings (SSSR count). The van der Waals surface area contributed by atoms with Gasteiger partial charge in [0, 0.05) is 62.3 Å². The van der Waals surface area contributed by atoms with Gasteiger partial charge < -0.3 is 25.0 Å². The lowest BCUT2D eigenvalue weighted by Gasteiger charge is -2.53. The van der Waals surface area contributed by atoms with Crippen LogP contribution >= 0.6 is 0 Å². The highest BCUT2D eigenvalue weighted by atomic mass is 16.6. The fraction of sp³-hybridized carbons (Fsp3) is 0.667. The molecule has 2 aromatic rings. The lowest BCUT2D eigenvalue weighted by Crippen LogP contribution is -2.56. The van der Waals surface area contributed by atoms with Crippen molar-refractivity contribution in [3.05, 3.63) is 29.5 Å². The predicted molar refractivity (Wildman–Crippen MR) is 154 cm³/mol. The summed E-state index contributed by atoms with van der Waals surface area (Å²) in [6.45, 7) is 9.29. The van der Waals surface area contributed by atoms with Gasteiger partial charge in [-0.2, -0.15) is 0 Å². The number of nitrogens with one attached hydrogen (secondary N) is 2. The molecule has 2 amide bonds. The molecular weight excluding hydrogens is 508 g/mol. The molecule has 1 aliphatic carbocycles. The zero-order chi connectivity index (χ0) is 27.8. The fourth-order valence-electron chi connectivity index (χ4n) is 7.65. The second-order valence-electron chi connectivity index (χ2n) is 12.2. The van der Waals surface area contributed by atoms with Crippen LogP contribution < -0.4 is 15.4 Å². The number of rotatable bonds is 7. The number of carbonyl (C=O) groups is 2. The number of nitrogens with zero attached hydrogens (tertiary/aromatic N) is 4. The van der Waals surface area contributed by atoms with Gasteiger partial charge in [0.05, 0.1) is 25.4 Å². The Morgan fingerprint density at radius 3 is 2.73 bits per heavy atom. The molecule has 40 heavy (non-hydrogen) atoms. The van der Waals surface area contributed by atoms with Crippen LogP contribution in [-0.4, -0.2) is 111 Å². The number of piperidine rings is 2. The summed E-state index contributed by atoms with van der Waals surface area (Å²) in [5, 5.41) is 7.06. The van der Waals surface area contributed by atoms with E-state index < -0.39 is 6.09 Å². The van der Waals surface area contributed by atoms with E-state index in [2.05, 4.69) is 27.4 Å². The summed E-state index contributed by atoms with van der Waals surface area (Å²) in [6, 6.07) is 6.13. The zero-order valence-electron chi connectivity index (χ0n) is 24.2. The van der Waals surface area contributed by atoms with Gasteiger partial charge in [-0.3, -0.25) is 14.4 Å².